The van der Waals surface area contributed by atoms with Crippen LogP contribution >= 0.6 is 23.2 Å². The minimum absolute atomic E-state index is 0.723. The molecule has 0 N–H and O–H groups in total. The van der Waals surface area contributed by atoms with E-state index in [1.165, 1.54) is 5.57 Å². The highest BCUT2D eigenvalue weighted by Gasteiger charge is 1.95. The molecule has 0 nitrogen and oxygen atoms in total. The van der Waals surface area contributed by atoms with E-state index in [4.69, 9.17) is 23.2 Å². The van der Waals surface area contributed by atoms with E-state index in [0.29, 0.717) is 0 Å². The average Bonchev–Trinajstić information content (AvgIpc) is 2.15. The minimum Gasteiger partial charge on any atom is -0.0843 e. The maximum atomic E-state index is 6.08. The minimum atomic E-state index is 0.723. The van der Waals surface area contributed by atoms with E-state index in [-0.39, 0.29) is 0 Å². The fourth-order valence-electron chi connectivity index (χ4n) is 0.945. The molecule has 0 aliphatic heterocycles. The zero-order valence-corrected chi connectivity index (χ0v) is 9.73. The average molecular weight is 227 g/mol. The van der Waals surface area contributed by atoms with Crippen LogP contribution in [-0.2, 0) is 0 Å². The van der Waals surface area contributed by atoms with Crippen LogP contribution in [0.2, 0.25) is 5.02 Å². The maximum absolute atomic E-state index is 6.08. The zero-order valence-electron chi connectivity index (χ0n) is 8.22. The third-order valence-corrected chi connectivity index (χ3v) is 2.28. The lowest BCUT2D eigenvalue weighted by Gasteiger charge is -1.98. The second kappa shape index (κ2) is 5.23. The maximum Gasteiger partial charge on any atom is 0.0478 e. The third-order valence-electron chi connectivity index (χ3n) is 1.68. The summed E-state index contributed by atoms with van der Waals surface area (Å²) in [7, 11) is 0. The van der Waals surface area contributed by atoms with Crippen LogP contribution in [0, 0.1) is 0 Å². The Hall–Kier alpha value is -0.720. The van der Waals surface area contributed by atoms with Crippen molar-refractivity contribution in [2.45, 2.75) is 13.8 Å². The van der Waals surface area contributed by atoms with E-state index >= 15 is 0 Å². The highest BCUT2D eigenvalue weighted by molar-refractivity contribution is 6.48. The molecule has 0 aromatic heterocycles. The Morgan fingerprint density at radius 1 is 1.07 bits per heavy atom. The second-order valence-corrected chi connectivity index (χ2v) is 4.11. The van der Waals surface area contributed by atoms with Gasteiger partial charge in [0, 0.05) is 10.1 Å². The van der Waals surface area contributed by atoms with Crippen molar-refractivity contribution >= 4 is 28.2 Å². The third kappa shape index (κ3) is 3.57. The largest absolute Gasteiger partial charge is 0.0843 e. The first kappa shape index (κ1) is 11.4. The number of rotatable bonds is 2. The van der Waals surface area contributed by atoms with Crippen LogP contribution in [0.15, 0.2) is 42.0 Å². The van der Waals surface area contributed by atoms with Crippen molar-refractivity contribution < 1.29 is 0 Å². The Kier molecular flexibility index (Phi) is 4.24. The Labute approximate surface area is 94.8 Å². The molecule has 0 aliphatic rings. The normalized spacial score (nSPS) is 11.3. The van der Waals surface area contributed by atoms with E-state index in [1.807, 2.05) is 50.3 Å². The zero-order chi connectivity index (χ0) is 10.6. The number of halogens is 2. The summed E-state index contributed by atoms with van der Waals surface area (Å²) in [6.07, 6.45) is 3.87. The van der Waals surface area contributed by atoms with Crippen LogP contribution in [0.5, 0.6) is 0 Å². The van der Waals surface area contributed by atoms with Gasteiger partial charge in [-0.15, -0.1) is 0 Å². The number of allylic oxidation sites excluding steroid dienone is 3. The highest BCUT2D eigenvalue weighted by Crippen LogP contribution is 2.21. The van der Waals surface area contributed by atoms with Crippen molar-refractivity contribution in [1.82, 2.24) is 0 Å². The first-order valence-electron chi connectivity index (χ1n) is 4.36. The molecular formula is C12H12Cl2. The van der Waals surface area contributed by atoms with Crippen LogP contribution in [-0.4, -0.2) is 0 Å². The summed E-state index contributed by atoms with van der Waals surface area (Å²) in [4.78, 5) is 0. The second-order valence-electron chi connectivity index (χ2n) is 3.27. The first-order chi connectivity index (χ1) is 6.59. The predicted octanol–water partition coefficient (Wildman–Crippen LogP) is 4.89. The smallest absolute Gasteiger partial charge is 0.0478 e. The Morgan fingerprint density at radius 2 is 1.64 bits per heavy atom. The van der Waals surface area contributed by atoms with Gasteiger partial charge in [0.15, 0.2) is 0 Å². The topological polar surface area (TPSA) is 0 Å². The van der Waals surface area contributed by atoms with E-state index in [0.717, 1.165) is 15.6 Å². The molecule has 0 bridgehead atoms. The van der Waals surface area contributed by atoms with E-state index in [2.05, 4.69) is 0 Å². The monoisotopic (exact) mass is 226 g/mol. The highest BCUT2D eigenvalue weighted by atomic mass is 35.5. The van der Waals surface area contributed by atoms with Gasteiger partial charge < -0.3 is 0 Å². The van der Waals surface area contributed by atoms with Crippen molar-refractivity contribution in [2.24, 2.45) is 0 Å². The van der Waals surface area contributed by atoms with Gasteiger partial charge in [-0.05, 0) is 37.6 Å². The molecule has 0 aliphatic carbocycles. The van der Waals surface area contributed by atoms with Crippen molar-refractivity contribution in [3.63, 3.8) is 0 Å². The van der Waals surface area contributed by atoms with Crippen LogP contribution in [0.3, 0.4) is 0 Å². The van der Waals surface area contributed by atoms with E-state index in [9.17, 15) is 0 Å². The molecule has 0 atom stereocenters. The molecule has 1 rings (SSSR count). The van der Waals surface area contributed by atoms with Gasteiger partial charge in [-0.1, -0.05) is 47.0 Å². The molecule has 0 fully saturated rings. The first-order valence-corrected chi connectivity index (χ1v) is 5.12. The lowest BCUT2D eigenvalue weighted by atomic mass is 10.2. The quantitative estimate of drug-likeness (QED) is 0.631. The molecular weight excluding hydrogens is 215 g/mol. The summed E-state index contributed by atoms with van der Waals surface area (Å²) in [5, 5.41) is 1.45. The van der Waals surface area contributed by atoms with Gasteiger partial charge in [0.2, 0.25) is 0 Å². The Balaban J connectivity index is 2.89. The molecule has 2 heteroatoms. The van der Waals surface area contributed by atoms with Gasteiger partial charge in [0.05, 0.1) is 0 Å². The molecule has 1 aromatic carbocycles. The predicted molar refractivity (Wildman–Crippen MR) is 64.7 cm³/mol. The number of hydrogen-bond acceptors (Lipinski definition) is 0. The molecule has 74 valence electrons. The lowest BCUT2D eigenvalue weighted by molar-refractivity contribution is 1.39. The van der Waals surface area contributed by atoms with Gasteiger partial charge >= 0.3 is 0 Å². The number of benzene rings is 1. The molecule has 14 heavy (non-hydrogen) atoms. The summed E-state index contributed by atoms with van der Waals surface area (Å²) in [5.41, 5.74) is 2.20. The van der Waals surface area contributed by atoms with Crippen molar-refractivity contribution in [3.05, 3.63) is 52.6 Å². The molecule has 0 saturated carbocycles. The van der Waals surface area contributed by atoms with Gasteiger partial charge in [-0.2, -0.15) is 0 Å². The Bertz CT molecular complexity index is 354. The molecule has 0 saturated heterocycles. The van der Waals surface area contributed by atoms with Crippen LogP contribution in [0.1, 0.15) is 19.4 Å². The molecule has 1 aromatic rings. The number of hydrogen-bond donors (Lipinski definition) is 0. The summed E-state index contributed by atoms with van der Waals surface area (Å²) in [6.45, 7) is 4.06. The molecule has 0 unspecified atom stereocenters. The van der Waals surface area contributed by atoms with E-state index < -0.39 is 0 Å². The summed E-state index contributed by atoms with van der Waals surface area (Å²) in [6, 6.07) is 7.46. The summed E-state index contributed by atoms with van der Waals surface area (Å²) >= 11 is 11.8. The van der Waals surface area contributed by atoms with Crippen LogP contribution in [0.25, 0.3) is 5.03 Å². The summed E-state index contributed by atoms with van der Waals surface area (Å²) in [5.74, 6) is 0. The van der Waals surface area contributed by atoms with Gasteiger partial charge in [0.1, 0.15) is 0 Å². The van der Waals surface area contributed by atoms with Crippen LogP contribution < -0.4 is 0 Å². The SMILES string of the molecule is CC(C)=CC=C(Cl)c1ccc(Cl)cc1. The molecule has 0 amide bonds. The fourth-order valence-corrected chi connectivity index (χ4v) is 1.26. The van der Waals surface area contributed by atoms with Crippen molar-refractivity contribution in [3.8, 4) is 0 Å². The fraction of sp³-hybridized carbons (Fsp3) is 0.167. The Morgan fingerprint density at radius 3 is 2.14 bits per heavy atom. The van der Waals surface area contributed by atoms with Crippen molar-refractivity contribution in [2.75, 3.05) is 0 Å². The summed E-state index contributed by atoms with van der Waals surface area (Å²) < 4.78 is 0. The standard InChI is InChI=1S/C12H12Cl2/c1-9(2)3-8-12(14)10-4-6-11(13)7-5-10/h3-8H,1-2H3. The van der Waals surface area contributed by atoms with Gasteiger partial charge in [0.25, 0.3) is 0 Å². The van der Waals surface area contributed by atoms with E-state index in [1.54, 1.807) is 0 Å². The molecule has 0 radical (unpaired) electrons. The van der Waals surface area contributed by atoms with Gasteiger partial charge in [-0.25, -0.2) is 0 Å². The van der Waals surface area contributed by atoms with Crippen molar-refractivity contribution in [1.29, 1.82) is 0 Å². The van der Waals surface area contributed by atoms with Gasteiger partial charge in [-0.3, -0.25) is 0 Å². The lowest BCUT2D eigenvalue weighted by Crippen LogP contribution is -1.75. The molecule has 0 spiro atoms. The van der Waals surface area contributed by atoms with Crippen LogP contribution in [0.4, 0.5) is 0 Å². The molecule has 0 heterocycles.